The average Bonchev–Trinajstić information content (AvgIpc) is 2.91. The van der Waals surface area contributed by atoms with Crippen LogP contribution in [0.25, 0.3) is 0 Å². The molecule has 10 nitrogen and oxygen atoms in total. The number of piperazine rings is 1. The lowest BCUT2D eigenvalue weighted by Crippen LogP contribution is -2.48. The quantitative estimate of drug-likeness (QED) is 0.277. The summed E-state index contributed by atoms with van der Waals surface area (Å²) in [5.74, 6) is -1.58. The van der Waals surface area contributed by atoms with Crippen molar-refractivity contribution in [3.05, 3.63) is 77.5 Å². The Morgan fingerprint density at radius 3 is 2.29 bits per heavy atom. The van der Waals surface area contributed by atoms with Crippen molar-refractivity contribution in [3.63, 3.8) is 0 Å². The molecule has 0 spiro atoms. The molecule has 224 valence electrons. The summed E-state index contributed by atoms with van der Waals surface area (Å²) in [6, 6.07) is 12.8. The van der Waals surface area contributed by atoms with Gasteiger partial charge >= 0.3 is 6.09 Å². The molecule has 12 heteroatoms. The van der Waals surface area contributed by atoms with Crippen LogP contribution in [-0.2, 0) is 11.3 Å². The molecule has 1 fully saturated rings. The zero-order valence-electron chi connectivity index (χ0n) is 24.0. The lowest BCUT2D eigenvalue weighted by Gasteiger charge is -2.36. The van der Waals surface area contributed by atoms with E-state index in [0.29, 0.717) is 23.6 Å². The fraction of sp³-hybridized carbons (Fsp3) is 0.367. The van der Waals surface area contributed by atoms with Crippen molar-refractivity contribution in [3.8, 4) is 0 Å². The topological polar surface area (TPSA) is 125 Å². The first-order valence-electron chi connectivity index (χ1n) is 13.7. The second-order valence-corrected chi connectivity index (χ2v) is 11.0. The van der Waals surface area contributed by atoms with Gasteiger partial charge in [-0.3, -0.25) is 9.69 Å². The summed E-state index contributed by atoms with van der Waals surface area (Å²) >= 11 is 0. The van der Waals surface area contributed by atoms with Crippen LogP contribution < -0.4 is 26.6 Å². The van der Waals surface area contributed by atoms with Crippen molar-refractivity contribution in [2.45, 2.75) is 32.9 Å². The van der Waals surface area contributed by atoms with Gasteiger partial charge in [0, 0.05) is 75.5 Å². The van der Waals surface area contributed by atoms with Gasteiger partial charge in [0.1, 0.15) is 23.1 Å². The number of hydrogen-bond donors (Lipinski definition) is 4. The summed E-state index contributed by atoms with van der Waals surface area (Å²) in [4.78, 5) is 32.6. The number of carbonyl (C=O) groups is 2. The predicted molar refractivity (Wildman–Crippen MR) is 159 cm³/mol. The van der Waals surface area contributed by atoms with E-state index in [1.807, 2.05) is 45.0 Å². The number of benzene rings is 2. The van der Waals surface area contributed by atoms with Gasteiger partial charge < -0.3 is 31.3 Å². The third-order valence-corrected chi connectivity index (χ3v) is 6.55. The molecule has 0 atom stereocenters. The maximum absolute atomic E-state index is 13.6. The van der Waals surface area contributed by atoms with Crippen LogP contribution in [0, 0.1) is 11.6 Å². The number of amides is 2. The number of carbonyl (C=O) groups excluding carboxylic acids is 2. The first kappa shape index (κ1) is 30.5. The van der Waals surface area contributed by atoms with Crippen LogP contribution in [-0.4, -0.2) is 66.8 Å². The standard InChI is InChI=1S/C30H37F2N7O3/c1-30(2,3)42-29(41)34-8-9-38-10-12-39(13-11-38)24-6-4-23(5-7-24)37-27-17-26(25(19-36-27)28(33)40)35-18-20-14-21(31)16-22(32)15-20/h4-7,14-17,19H,8-13,18H2,1-3H3,(H2,33,40)(H,34,41)(H2,35,36,37). The second kappa shape index (κ2) is 13.5. The minimum Gasteiger partial charge on any atom is -0.444 e. The molecular weight excluding hydrogens is 544 g/mol. The lowest BCUT2D eigenvalue weighted by molar-refractivity contribution is 0.0521. The number of pyridine rings is 1. The molecule has 0 radical (unpaired) electrons. The van der Waals surface area contributed by atoms with E-state index >= 15 is 0 Å². The second-order valence-electron chi connectivity index (χ2n) is 11.0. The minimum atomic E-state index is -0.683. The van der Waals surface area contributed by atoms with Crippen LogP contribution in [0.3, 0.4) is 0 Å². The van der Waals surface area contributed by atoms with Crippen LogP contribution in [0.2, 0.25) is 0 Å². The normalized spacial score (nSPS) is 13.9. The summed E-state index contributed by atoms with van der Waals surface area (Å²) in [5, 5.41) is 9.04. The van der Waals surface area contributed by atoms with Crippen molar-refractivity contribution in [1.29, 1.82) is 0 Å². The molecule has 2 aromatic carbocycles. The van der Waals surface area contributed by atoms with E-state index < -0.39 is 29.2 Å². The first-order chi connectivity index (χ1) is 19.9. The third kappa shape index (κ3) is 9.03. The van der Waals surface area contributed by atoms with Gasteiger partial charge in [-0.2, -0.15) is 0 Å². The molecule has 0 unspecified atom stereocenters. The van der Waals surface area contributed by atoms with E-state index in [1.165, 1.54) is 18.3 Å². The molecule has 3 aromatic rings. The Kier molecular flexibility index (Phi) is 9.79. The van der Waals surface area contributed by atoms with Gasteiger partial charge in [0.15, 0.2) is 0 Å². The Morgan fingerprint density at radius 2 is 1.67 bits per heavy atom. The van der Waals surface area contributed by atoms with Crippen molar-refractivity contribution in [2.24, 2.45) is 5.73 Å². The van der Waals surface area contributed by atoms with Crippen molar-refractivity contribution < 1.29 is 23.1 Å². The number of nitrogens with zero attached hydrogens (tertiary/aromatic N) is 3. The fourth-order valence-electron chi connectivity index (χ4n) is 4.54. The van der Waals surface area contributed by atoms with Crippen molar-refractivity contribution >= 4 is 34.9 Å². The molecule has 1 aromatic heterocycles. The number of rotatable bonds is 10. The van der Waals surface area contributed by atoms with Gasteiger partial charge in [-0.05, 0) is 62.7 Å². The highest BCUT2D eigenvalue weighted by Crippen LogP contribution is 2.25. The van der Waals surface area contributed by atoms with Gasteiger partial charge in [0.05, 0.1) is 11.3 Å². The molecule has 42 heavy (non-hydrogen) atoms. The van der Waals surface area contributed by atoms with E-state index in [0.717, 1.165) is 50.2 Å². The van der Waals surface area contributed by atoms with Gasteiger partial charge in [0.25, 0.3) is 5.91 Å². The van der Waals surface area contributed by atoms with Gasteiger partial charge in [0.2, 0.25) is 0 Å². The monoisotopic (exact) mass is 581 g/mol. The van der Waals surface area contributed by atoms with E-state index in [2.05, 4.69) is 30.7 Å². The number of nitrogens with one attached hydrogen (secondary N) is 3. The molecule has 4 rings (SSSR count). The van der Waals surface area contributed by atoms with Gasteiger partial charge in [-0.15, -0.1) is 0 Å². The van der Waals surface area contributed by atoms with E-state index in [9.17, 15) is 18.4 Å². The van der Waals surface area contributed by atoms with Crippen LogP contribution in [0.1, 0.15) is 36.7 Å². The maximum Gasteiger partial charge on any atom is 0.407 e. The van der Waals surface area contributed by atoms with Crippen LogP contribution in [0.5, 0.6) is 0 Å². The number of halogens is 2. The Labute approximate surface area is 244 Å². The molecule has 2 heterocycles. The Hall–Kier alpha value is -4.45. The molecule has 2 amide bonds. The van der Waals surface area contributed by atoms with Crippen LogP contribution in [0.15, 0.2) is 54.7 Å². The summed E-state index contributed by atoms with van der Waals surface area (Å²) in [6.45, 7) is 10.4. The lowest BCUT2D eigenvalue weighted by atomic mass is 10.1. The summed E-state index contributed by atoms with van der Waals surface area (Å²) in [7, 11) is 0. The van der Waals surface area contributed by atoms with Crippen molar-refractivity contribution in [2.75, 3.05) is 54.8 Å². The Morgan fingerprint density at radius 1 is 1.00 bits per heavy atom. The molecule has 1 aliphatic heterocycles. The zero-order valence-corrected chi connectivity index (χ0v) is 24.0. The highest BCUT2D eigenvalue weighted by Gasteiger charge is 2.19. The number of aromatic nitrogens is 1. The molecule has 0 bridgehead atoms. The molecule has 0 aliphatic carbocycles. The Balaban J connectivity index is 1.29. The first-order valence-corrected chi connectivity index (χ1v) is 13.7. The van der Waals surface area contributed by atoms with Gasteiger partial charge in [-0.25, -0.2) is 18.6 Å². The molecular formula is C30H37F2N7O3. The number of ether oxygens (including phenoxy) is 1. The summed E-state index contributed by atoms with van der Waals surface area (Å²) in [5.41, 5.74) is 7.80. The summed E-state index contributed by atoms with van der Waals surface area (Å²) < 4.78 is 32.4. The minimum absolute atomic E-state index is 0.0840. The van der Waals surface area contributed by atoms with E-state index in [4.69, 9.17) is 10.5 Å². The third-order valence-electron chi connectivity index (χ3n) is 6.55. The van der Waals surface area contributed by atoms with Crippen LogP contribution in [0.4, 0.5) is 36.5 Å². The van der Waals surface area contributed by atoms with Crippen LogP contribution >= 0.6 is 0 Å². The van der Waals surface area contributed by atoms with E-state index in [-0.39, 0.29) is 12.1 Å². The number of hydrogen-bond acceptors (Lipinski definition) is 8. The van der Waals surface area contributed by atoms with E-state index in [1.54, 1.807) is 6.07 Å². The number of nitrogens with two attached hydrogens (primary N) is 1. The summed E-state index contributed by atoms with van der Waals surface area (Å²) in [6.07, 6.45) is 0.956. The zero-order chi connectivity index (χ0) is 30.3. The molecule has 1 saturated heterocycles. The smallest absolute Gasteiger partial charge is 0.407 e. The number of anilines is 4. The Bertz CT molecular complexity index is 1370. The highest BCUT2D eigenvalue weighted by molar-refractivity contribution is 5.98. The molecule has 0 saturated carbocycles. The van der Waals surface area contributed by atoms with Crippen molar-refractivity contribution in [1.82, 2.24) is 15.2 Å². The SMILES string of the molecule is CC(C)(C)OC(=O)NCCN1CCN(c2ccc(Nc3cc(NCc4cc(F)cc(F)c4)c(C(N)=O)cn3)cc2)CC1. The highest BCUT2D eigenvalue weighted by atomic mass is 19.1. The fourth-order valence-corrected chi connectivity index (χ4v) is 4.54. The number of primary amides is 1. The largest absolute Gasteiger partial charge is 0.444 e. The average molecular weight is 582 g/mol. The predicted octanol–water partition coefficient (Wildman–Crippen LogP) is 4.46. The molecule has 5 N–H and O–H groups in total. The maximum atomic E-state index is 13.6. The molecule has 1 aliphatic rings. The van der Waals surface area contributed by atoms with Gasteiger partial charge in [-0.1, -0.05) is 0 Å². The number of alkyl carbamates (subject to hydrolysis) is 1.